The molecule has 0 bridgehead atoms. The summed E-state index contributed by atoms with van der Waals surface area (Å²) in [4.78, 5) is 0. The molecule has 0 saturated carbocycles. The Balaban J connectivity index is 1.04. The Morgan fingerprint density at radius 3 is 1.88 bits per heavy atom. The first-order chi connectivity index (χ1) is 24.0. The molecule has 0 aliphatic heterocycles. The molecule has 0 N–H and O–H groups in total. The van der Waals surface area contributed by atoms with E-state index < -0.39 is 0 Å². The van der Waals surface area contributed by atoms with Crippen molar-refractivity contribution in [3.63, 3.8) is 0 Å². The van der Waals surface area contributed by atoms with Gasteiger partial charge in [-0.15, -0.1) is 0 Å². The highest BCUT2D eigenvalue weighted by molar-refractivity contribution is 6.23. The van der Waals surface area contributed by atoms with Crippen molar-refractivity contribution >= 4 is 54.7 Å². The van der Waals surface area contributed by atoms with Crippen molar-refractivity contribution in [3.05, 3.63) is 193 Å². The topological polar surface area (TPSA) is 0 Å². The Hall–Kier alpha value is -5.98. The maximum Gasteiger partial charge on any atom is 0.00845 e. The maximum absolute atomic E-state index is 2.37. The second kappa shape index (κ2) is 11.6. The van der Waals surface area contributed by atoms with Crippen LogP contribution in [0.4, 0.5) is 0 Å². The molecule has 0 unspecified atom stereocenters. The van der Waals surface area contributed by atoms with E-state index in [-0.39, 0.29) is 5.41 Å². The normalized spacial score (nSPS) is 16.4. The van der Waals surface area contributed by atoms with Gasteiger partial charge in [-0.25, -0.2) is 0 Å². The van der Waals surface area contributed by atoms with Crippen LogP contribution in [-0.4, -0.2) is 0 Å². The van der Waals surface area contributed by atoms with Crippen molar-refractivity contribution in [3.8, 4) is 22.3 Å². The fourth-order valence-corrected chi connectivity index (χ4v) is 7.68. The second-order valence-electron chi connectivity index (χ2n) is 13.8. The van der Waals surface area contributed by atoms with Gasteiger partial charge in [0.1, 0.15) is 0 Å². The lowest BCUT2D eigenvalue weighted by atomic mass is 9.81. The fourth-order valence-electron chi connectivity index (χ4n) is 7.68. The van der Waals surface area contributed by atoms with Gasteiger partial charge >= 0.3 is 0 Å². The summed E-state index contributed by atoms with van der Waals surface area (Å²) in [6, 6.07) is 55.9. The molecule has 8 aromatic carbocycles. The molecule has 9 rings (SSSR count). The molecule has 0 amide bonds. The fraction of sp³-hybridized carbons (Fsp3) is 0.0612. The van der Waals surface area contributed by atoms with E-state index in [1.165, 1.54) is 87.6 Å². The van der Waals surface area contributed by atoms with Crippen LogP contribution in [0.5, 0.6) is 0 Å². The first-order valence-electron chi connectivity index (χ1n) is 17.2. The van der Waals surface area contributed by atoms with Gasteiger partial charge in [-0.05, 0) is 106 Å². The zero-order valence-electron chi connectivity index (χ0n) is 27.8. The average molecular weight is 625 g/mol. The Morgan fingerprint density at radius 1 is 0.429 bits per heavy atom. The number of rotatable bonds is 3. The van der Waals surface area contributed by atoms with Crippen LogP contribution in [0.2, 0.25) is 0 Å². The SMILES string of the molecule is CC1(C)/C=C/C(c2ccc3cc(-c4ccc(-c5cc6ccc7ccccc7c6c6ccccc56)cc4)ccc3c2)=C\C=C\c2ccccc21. The summed E-state index contributed by atoms with van der Waals surface area (Å²) < 4.78 is 0. The highest BCUT2D eigenvalue weighted by atomic mass is 14.2. The van der Waals surface area contributed by atoms with E-state index in [0.717, 1.165) is 0 Å². The average Bonchev–Trinajstić information content (AvgIpc) is 3.21. The zero-order chi connectivity index (χ0) is 33.0. The number of allylic oxidation sites excluding steroid dienone is 5. The quantitative estimate of drug-likeness (QED) is 0.172. The van der Waals surface area contributed by atoms with Crippen molar-refractivity contribution in [1.29, 1.82) is 0 Å². The smallest absolute Gasteiger partial charge is 0.00845 e. The number of hydrogen-bond donors (Lipinski definition) is 0. The minimum absolute atomic E-state index is 0.0675. The van der Waals surface area contributed by atoms with Crippen LogP contribution in [0, 0.1) is 0 Å². The van der Waals surface area contributed by atoms with Crippen molar-refractivity contribution in [2.24, 2.45) is 0 Å². The third-order valence-corrected chi connectivity index (χ3v) is 10.3. The first-order valence-corrected chi connectivity index (χ1v) is 17.2. The highest BCUT2D eigenvalue weighted by Gasteiger charge is 2.20. The van der Waals surface area contributed by atoms with E-state index in [4.69, 9.17) is 0 Å². The molecule has 232 valence electrons. The van der Waals surface area contributed by atoms with E-state index in [0.29, 0.717) is 0 Å². The number of benzene rings is 8. The molecule has 0 heteroatoms. The van der Waals surface area contributed by atoms with Crippen LogP contribution >= 0.6 is 0 Å². The molecule has 0 radical (unpaired) electrons. The third-order valence-electron chi connectivity index (χ3n) is 10.3. The van der Waals surface area contributed by atoms with Crippen LogP contribution in [-0.2, 0) is 5.41 Å². The molecule has 0 heterocycles. The van der Waals surface area contributed by atoms with Crippen LogP contribution in [0.1, 0.15) is 30.5 Å². The molecule has 0 aromatic heterocycles. The van der Waals surface area contributed by atoms with Gasteiger partial charge in [-0.2, -0.15) is 0 Å². The lowest BCUT2D eigenvalue weighted by molar-refractivity contribution is 0.669. The summed E-state index contributed by atoms with van der Waals surface area (Å²) in [5, 5.41) is 10.3. The molecule has 1 aliphatic carbocycles. The van der Waals surface area contributed by atoms with Gasteiger partial charge in [0.05, 0.1) is 0 Å². The molecule has 1 aliphatic rings. The van der Waals surface area contributed by atoms with E-state index in [9.17, 15) is 0 Å². The molecule has 0 fully saturated rings. The van der Waals surface area contributed by atoms with Crippen LogP contribution < -0.4 is 0 Å². The van der Waals surface area contributed by atoms with Gasteiger partial charge in [0, 0.05) is 5.41 Å². The first kappa shape index (κ1) is 29.2. The molecular formula is C49H36. The second-order valence-corrected chi connectivity index (χ2v) is 13.8. The minimum atomic E-state index is -0.0675. The number of fused-ring (bicyclic) bond motifs is 7. The van der Waals surface area contributed by atoms with Crippen LogP contribution in [0.15, 0.2) is 176 Å². The number of hydrogen-bond acceptors (Lipinski definition) is 0. The van der Waals surface area contributed by atoms with Crippen molar-refractivity contribution in [2.75, 3.05) is 0 Å². The lowest BCUT2D eigenvalue weighted by Gasteiger charge is -2.23. The van der Waals surface area contributed by atoms with Gasteiger partial charge in [0.2, 0.25) is 0 Å². The summed E-state index contributed by atoms with van der Waals surface area (Å²) in [6.45, 7) is 4.58. The maximum atomic E-state index is 2.37. The Kier molecular flexibility index (Phi) is 6.92. The van der Waals surface area contributed by atoms with Crippen molar-refractivity contribution in [1.82, 2.24) is 0 Å². The lowest BCUT2D eigenvalue weighted by Crippen LogP contribution is -2.14. The highest BCUT2D eigenvalue weighted by Crippen LogP contribution is 2.39. The summed E-state index contributed by atoms with van der Waals surface area (Å²) in [7, 11) is 0. The van der Waals surface area contributed by atoms with Gasteiger partial charge in [0.15, 0.2) is 0 Å². The molecule has 0 saturated heterocycles. The zero-order valence-corrected chi connectivity index (χ0v) is 27.8. The van der Waals surface area contributed by atoms with E-state index >= 15 is 0 Å². The summed E-state index contributed by atoms with van der Waals surface area (Å²) in [6.07, 6.45) is 11.3. The molecule has 49 heavy (non-hydrogen) atoms. The van der Waals surface area contributed by atoms with E-state index in [1.807, 2.05) is 0 Å². The van der Waals surface area contributed by atoms with Crippen molar-refractivity contribution in [2.45, 2.75) is 19.3 Å². The van der Waals surface area contributed by atoms with E-state index in [2.05, 4.69) is 196 Å². The molecule has 8 aromatic rings. The van der Waals surface area contributed by atoms with Gasteiger partial charge in [-0.3, -0.25) is 0 Å². The summed E-state index contributed by atoms with van der Waals surface area (Å²) in [5.41, 5.74) is 9.94. The minimum Gasteiger partial charge on any atom is -0.0738 e. The summed E-state index contributed by atoms with van der Waals surface area (Å²) >= 11 is 0. The standard InChI is InChI=1S/C49H36/c1-49(2)29-28-33(12-9-13-37-11-4-8-17-47(37)49)38-23-25-41-31-39(24-26-40(41)30-38)34-18-20-36(21-19-34)46-32-42-27-22-35-10-3-5-14-43(35)48(42)45-16-7-6-15-44(45)46/h3-32H,1-2H3/b13-9+,29-28+,33-12+. The van der Waals surface area contributed by atoms with Crippen LogP contribution in [0.3, 0.4) is 0 Å². The van der Waals surface area contributed by atoms with E-state index in [1.54, 1.807) is 0 Å². The predicted octanol–water partition coefficient (Wildman–Crippen LogP) is 13.6. The molecule has 0 atom stereocenters. The molecule has 0 nitrogen and oxygen atoms in total. The predicted molar refractivity (Wildman–Crippen MR) is 213 cm³/mol. The molecule has 0 spiro atoms. The Morgan fingerprint density at radius 2 is 1.04 bits per heavy atom. The summed E-state index contributed by atoms with van der Waals surface area (Å²) in [5.74, 6) is 0. The van der Waals surface area contributed by atoms with Gasteiger partial charge < -0.3 is 0 Å². The van der Waals surface area contributed by atoms with Gasteiger partial charge in [0.25, 0.3) is 0 Å². The Labute approximate surface area is 288 Å². The van der Waals surface area contributed by atoms with Crippen molar-refractivity contribution < 1.29 is 0 Å². The monoisotopic (exact) mass is 624 g/mol. The Bertz CT molecular complexity index is 2660. The van der Waals surface area contributed by atoms with Crippen LogP contribution in [0.25, 0.3) is 77.0 Å². The molecular weight excluding hydrogens is 589 g/mol. The largest absolute Gasteiger partial charge is 0.0738 e. The third kappa shape index (κ3) is 5.18. The van der Waals surface area contributed by atoms with Gasteiger partial charge in [-0.1, -0.05) is 178 Å².